The van der Waals surface area contributed by atoms with Gasteiger partial charge in [-0.2, -0.15) is 0 Å². The van der Waals surface area contributed by atoms with Crippen LogP contribution in [0.3, 0.4) is 0 Å². The van der Waals surface area contributed by atoms with Crippen LogP contribution >= 0.6 is 0 Å². The zero-order valence-electron chi connectivity index (χ0n) is 14.0. The first-order valence-corrected chi connectivity index (χ1v) is 7.85. The summed E-state index contributed by atoms with van der Waals surface area (Å²) in [4.78, 5) is 24.3. The number of rotatable bonds is 3. The van der Waals surface area contributed by atoms with Crippen LogP contribution in [0.4, 0.5) is 0 Å². The molecule has 9 heteroatoms. The van der Waals surface area contributed by atoms with E-state index in [1.165, 1.54) is 13.0 Å². The fraction of sp³-hybridized carbons (Fsp3) is 0.222. The number of benzene rings is 2. The van der Waals surface area contributed by atoms with Crippen LogP contribution in [0, 0.1) is 0 Å². The number of hydrogen-bond donors (Lipinski definition) is 5. The van der Waals surface area contributed by atoms with Gasteiger partial charge in [0.05, 0.1) is 5.56 Å². The molecule has 1 aliphatic rings. The Balaban J connectivity index is 1.90. The van der Waals surface area contributed by atoms with Crippen molar-refractivity contribution >= 4 is 11.8 Å². The van der Waals surface area contributed by atoms with Gasteiger partial charge in [-0.3, -0.25) is 4.79 Å². The summed E-state index contributed by atoms with van der Waals surface area (Å²) in [6.45, 7) is 1.23. The normalized spacial score (nSPS) is 18.3. The Kier molecular flexibility index (Phi) is 4.44. The van der Waals surface area contributed by atoms with Crippen molar-refractivity contribution in [2.45, 2.75) is 25.6 Å². The maximum Gasteiger partial charge on any atom is 0.338 e. The molecule has 0 amide bonds. The van der Waals surface area contributed by atoms with Gasteiger partial charge in [-0.25, -0.2) is 4.79 Å². The third-order valence-corrected chi connectivity index (χ3v) is 4.13. The van der Waals surface area contributed by atoms with Gasteiger partial charge < -0.3 is 35.0 Å². The van der Waals surface area contributed by atoms with E-state index in [0.29, 0.717) is 0 Å². The lowest BCUT2D eigenvalue weighted by Gasteiger charge is -2.32. The van der Waals surface area contributed by atoms with E-state index in [9.17, 15) is 35.1 Å². The summed E-state index contributed by atoms with van der Waals surface area (Å²) in [6.07, 6.45) is -2.34. The fourth-order valence-corrected chi connectivity index (χ4v) is 2.82. The van der Waals surface area contributed by atoms with Crippen LogP contribution < -0.4 is 4.74 Å². The van der Waals surface area contributed by atoms with Crippen molar-refractivity contribution in [3.63, 3.8) is 0 Å². The smallest absolute Gasteiger partial charge is 0.338 e. The number of phenols is 5. The SMILES string of the molecule is CC(=O)[C@H]1Oc2cc(O)cc(O)c2C[C@H]1OC(=O)c1cc(O)c(O)c(O)c1. The van der Waals surface area contributed by atoms with Gasteiger partial charge in [0.2, 0.25) is 0 Å². The van der Waals surface area contributed by atoms with E-state index in [2.05, 4.69) is 0 Å². The molecule has 2 aromatic rings. The summed E-state index contributed by atoms with van der Waals surface area (Å²) in [5.74, 6) is -4.09. The number of aromatic hydroxyl groups is 5. The van der Waals surface area contributed by atoms with Crippen molar-refractivity contribution in [2.75, 3.05) is 0 Å². The third-order valence-electron chi connectivity index (χ3n) is 4.13. The molecule has 0 fully saturated rings. The molecule has 9 nitrogen and oxygen atoms in total. The molecular weight excluding hydrogens is 360 g/mol. The molecule has 1 heterocycles. The predicted molar refractivity (Wildman–Crippen MR) is 89.2 cm³/mol. The molecule has 1 aliphatic heterocycles. The van der Waals surface area contributed by atoms with Crippen LogP contribution in [0.5, 0.6) is 34.5 Å². The van der Waals surface area contributed by atoms with Crippen molar-refractivity contribution in [2.24, 2.45) is 0 Å². The van der Waals surface area contributed by atoms with Gasteiger partial charge in [-0.15, -0.1) is 0 Å². The van der Waals surface area contributed by atoms with Crippen LogP contribution in [0.2, 0.25) is 0 Å². The van der Waals surface area contributed by atoms with E-state index >= 15 is 0 Å². The van der Waals surface area contributed by atoms with E-state index in [1.54, 1.807) is 0 Å². The van der Waals surface area contributed by atoms with Crippen molar-refractivity contribution in [1.29, 1.82) is 0 Å². The summed E-state index contributed by atoms with van der Waals surface area (Å²) >= 11 is 0. The predicted octanol–water partition coefficient (Wildman–Crippen LogP) is 1.33. The summed E-state index contributed by atoms with van der Waals surface area (Å²) in [5, 5.41) is 47.9. The summed E-state index contributed by atoms with van der Waals surface area (Å²) in [7, 11) is 0. The largest absolute Gasteiger partial charge is 0.508 e. The molecule has 0 unspecified atom stereocenters. The van der Waals surface area contributed by atoms with Crippen LogP contribution in [-0.2, 0) is 16.0 Å². The van der Waals surface area contributed by atoms with E-state index in [1.807, 2.05) is 0 Å². The number of ether oxygens (including phenoxy) is 2. The lowest BCUT2D eigenvalue weighted by molar-refractivity contribution is -0.129. The Morgan fingerprint density at radius 2 is 1.63 bits per heavy atom. The summed E-state index contributed by atoms with van der Waals surface area (Å²) in [6, 6.07) is 4.12. The first kappa shape index (κ1) is 18.2. The minimum atomic E-state index is -1.18. The molecule has 0 spiro atoms. The highest BCUT2D eigenvalue weighted by Crippen LogP contribution is 2.39. The van der Waals surface area contributed by atoms with Gasteiger partial charge >= 0.3 is 5.97 Å². The monoisotopic (exact) mass is 376 g/mol. The number of carbonyl (C=O) groups excluding carboxylic acids is 2. The van der Waals surface area contributed by atoms with Crippen LogP contribution in [-0.4, -0.2) is 49.5 Å². The Morgan fingerprint density at radius 3 is 2.22 bits per heavy atom. The van der Waals surface area contributed by atoms with E-state index in [4.69, 9.17) is 9.47 Å². The van der Waals surface area contributed by atoms with Gasteiger partial charge in [0, 0.05) is 24.1 Å². The van der Waals surface area contributed by atoms with Crippen molar-refractivity contribution in [3.05, 3.63) is 35.4 Å². The number of fused-ring (bicyclic) bond motifs is 1. The minimum absolute atomic E-state index is 0.0620. The van der Waals surface area contributed by atoms with Crippen molar-refractivity contribution in [1.82, 2.24) is 0 Å². The molecule has 2 atom stereocenters. The first-order valence-electron chi connectivity index (χ1n) is 7.85. The van der Waals surface area contributed by atoms with Gasteiger partial charge in [0.25, 0.3) is 0 Å². The molecule has 0 bridgehead atoms. The number of esters is 1. The lowest BCUT2D eigenvalue weighted by Crippen LogP contribution is -2.45. The van der Waals surface area contributed by atoms with E-state index in [0.717, 1.165) is 18.2 Å². The number of hydrogen-bond acceptors (Lipinski definition) is 9. The quantitative estimate of drug-likeness (QED) is 0.394. The van der Waals surface area contributed by atoms with Gasteiger partial charge in [0.1, 0.15) is 17.2 Å². The average molecular weight is 376 g/mol. The second kappa shape index (κ2) is 6.60. The topological polar surface area (TPSA) is 154 Å². The zero-order chi connectivity index (χ0) is 19.9. The zero-order valence-corrected chi connectivity index (χ0v) is 14.0. The van der Waals surface area contributed by atoms with Crippen molar-refractivity contribution < 1.29 is 44.6 Å². The highest BCUT2D eigenvalue weighted by Gasteiger charge is 2.38. The number of ketones is 1. The maximum absolute atomic E-state index is 12.4. The van der Waals surface area contributed by atoms with Crippen LogP contribution in [0.25, 0.3) is 0 Å². The third kappa shape index (κ3) is 3.39. The highest BCUT2D eigenvalue weighted by atomic mass is 16.6. The van der Waals surface area contributed by atoms with Crippen LogP contribution in [0.1, 0.15) is 22.8 Å². The molecule has 0 saturated carbocycles. The number of phenolic OH excluding ortho intramolecular Hbond substituents is 5. The number of carbonyl (C=O) groups is 2. The molecule has 0 aromatic heterocycles. The van der Waals surface area contributed by atoms with Crippen LogP contribution in [0.15, 0.2) is 24.3 Å². The van der Waals surface area contributed by atoms with Gasteiger partial charge in [-0.1, -0.05) is 0 Å². The first-order chi connectivity index (χ1) is 12.7. The molecule has 27 heavy (non-hydrogen) atoms. The molecule has 0 aliphatic carbocycles. The molecule has 0 radical (unpaired) electrons. The Labute approximate surface area is 152 Å². The summed E-state index contributed by atoms with van der Waals surface area (Å²) in [5.41, 5.74) is -0.00896. The number of Topliss-reactive ketones (excluding diaryl/α,β-unsaturated/α-hetero) is 1. The molecule has 142 valence electrons. The summed E-state index contributed by atoms with van der Waals surface area (Å²) < 4.78 is 10.8. The maximum atomic E-state index is 12.4. The molecular formula is C18H16O9. The Morgan fingerprint density at radius 1 is 1.00 bits per heavy atom. The lowest BCUT2D eigenvalue weighted by atomic mass is 9.96. The Hall–Kier alpha value is -3.62. The second-order valence-corrected chi connectivity index (χ2v) is 6.10. The van der Waals surface area contributed by atoms with E-state index in [-0.39, 0.29) is 34.8 Å². The highest BCUT2D eigenvalue weighted by molar-refractivity contribution is 5.92. The second-order valence-electron chi connectivity index (χ2n) is 6.10. The molecule has 2 aromatic carbocycles. The molecule has 3 rings (SSSR count). The van der Waals surface area contributed by atoms with E-state index < -0.39 is 41.2 Å². The standard InChI is InChI=1S/C18H16O9/c1-7(19)17-15(6-10-11(21)4-9(20)5-14(10)26-17)27-18(25)8-2-12(22)16(24)13(23)3-8/h2-5,15,17,20-24H,6H2,1H3/t15-,17-/m1/s1. The fourth-order valence-electron chi connectivity index (χ4n) is 2.82. The molecule has 0 saturated heterocycles. The average Bonchev–Trinajstić information content (AvgIpc) is 2.58. The minimum Gasteiger partial charge on any atom is -0.508 e. The van der Waals surface area contributed by atoms with Gasteiger partial charge in [0.15, 0.2) is 35.2 Å². The molecule has 5 N–H and O–H groups in total. The van der Waals surface area contributed by atoms with Gasteiger partial charge in [-0.05, 0) is 19.1 Å². The Bertz CT molecular complexity index is 912. The van der Waals surface area contributed by atoms with Crippen molar-refractivity contribution in [3.8, 4) is 34.5 Å².